The van der Waals surface area contributed by atoms with E-state index in [-0.39, 0.29) is 0 Å². The average Bonchev–Trinajstić information content (AvgIpc) is 2.44. The second-order valence-electron chi connectivity index (χ2n) is 2.50. The first-order valence-corrected chi connectivity index (χ1v) is 5.04. The van der Waals surface area contributed by atoms with Crippen LogP contribution >= 0.6 is 34.2 Å². The Balaban J connectivity index is 2.80. The normalized spacial score (nSPS) is 9.23. The molecule has 1 aromatic rings. The zero-order valence-electron chi connectivity index (χ0n) is 7.27. The number of aromatic nitrogens is 1. The van der Waals surface area contributed by atoms with Crippen molar-refractivity contribution in [1.82, 2.24) is 5.16 Å². The van der Waals surface area contributed by atoms with Crippen molar-refractivity contribution in [2.45, 2.75) is 6.92 Å². The van der Waals surface area contributed by atoms with Gasteiger partial charge in [-0.1, -0.05) is 22.7 Å². The quantitative estimate of drug-likeness (QED) is 0.621. The monoisotopic (exact) mass is 310 g/mol. The highest BCUT2D eigenvalue weighted by Gasteiger charge is 2.13. The van der Waals surface area contributed by atoms with Crippen LogP contribution in [0.4, 0.5) is 5.82 Å². The summed E-state index contributed by atoms with van der Waals surface area (Å²) in [6.07, 6.45) is 0. The van der Waals surface area contributed by atoms with E-state index in [4.69, 9.17) is 16.1 Å². The standard InChI is InChI=1S/C8H8ClIN2O/c1-6-7(9)8(11-13-6)12(2)5-3-4-10/h5H2,1-2H3. The van der Waals surface area contributed by atoms with E-state index in [0.29, 0.717) is 23.1 Å². The summed E-state index contributed by atoms with van der Waals surface area (Å²) in [5, 5.41) is 4.37. The van der Waals surface area contributed by atoms with E-state index < -0.39 is 0 Å². The molecule has 70 valence electrons. The molecule has 0 N–H and O–H groups in total. The maximum atomic E-state index is 5.93. The lowest BCUT2D eigenvalue weighted by atomic mass is 10.4. The van der Waals surface area contributed by atoms with Crippen molar-refractivity contribution in [3.05, 3.63) is 10.8 Å². The van der Waals surface area contributed by atoms with Crippen molar-refractivity contribution in [3.63, 3.8) is 0 Å². The van der Waals surface area contributed by atoms with E-state index in [1.165, 1.54) is 0 Å². The second-order valence-corrected chi connectivity index (χ2v) is 3.42. The maximum Gasteiger partial charge on any atom is 0.191 e. The Morgan fingerprint density at radius 2 is 2.38 bits per heavy atom. The summed E-state index contributed by atoms with van der Waals surface area (Å²) in [6, 6.07) is 0. The van der Waals surface area contributed by atoms with Crippen LogP contribution in [-0.2, 0) is 0 Å². The number of rotatable bonds is 2. The summed E-state index contributed by atoms with van der Waals surface area (Å²) < 4.78 is 7.69. The van der Waals surface area contributed by atoms with Crippen LogP contribution in [0, 0.1) is 16.8 Å². The third-order valence-corrected chi connectivity index (χ3v) is 2.34. The largest absolute Gasteiger partial charge is 0.358 e. The minimum atomic E-state index is 0.553. The van der Waals surface area contributed by atoms with Crippen molar-refractivity contribution in [3.8, 4) is 9.85 Å². The van der Waals surface area contributed by atoms with Crippen molar-refractivity contribution >= 4 is 40.0 Å². The van der Waals surface area contributed by atoms with E-state index in [1.54, 1.807) is 6.92 Å². The van der Waals surface area contributed by atoms with Gasteiger partial charge in [-0.15, -0.1) is 0 Å². The lowest BCUT2D eigenvalue weighted by Gasteiger charge is -2.10. The van der Waals surface area contributed by atoms with E-state index in [9.17, 15) is 0 Å². The predicted octanol–water partition coefficient (Wildman–Crippen LogP) is 2.47. The highest BCUT2D eigenvalue weighted by molar-refractivity contribution is 14.1. The van der Waals surface area contributed by atoms with Gasteiger partial charge in [0.2, 0.25) is 0 Å². The Kier molecular flexibility index (Phi) is 3.88. The molecule has 0 aliphatic heterocycles. The molecule has 0 atom stereocenters. The molecule has 5 heteroatoms. The first kappa shape index (κ1) is 10.7. The molecule has 13 heavy (non-hydrogen) atoms. The molecule has 1 rings (SSSR count). The molecule has 0 aliphatic carbocycles. The molecular formula is C8H8ClIN2O. The van der Waals surface area contributed by atoms with Crippen LogP contribution in [0.15, 0.2) is 4.52 Å². The van der Waals surface area contributed by atoms with Crippen LogP contribution in [0.25, 0.3) is 0 Å². The fraction of sp³-hybridized carbons (Fsp3) is 0.375. The van der Waals surface area contributed by atoms with E-state index >= 15 is 0 Å². The van der Waals surface area contributed by atoms with Gasteiger partial charge in [0.15, 0.2) is 11.6 Å². The number of nitrogens with zero attached hydrogens (tertiary/aromatic N) is 2. The highest BCUT2D eigenvalue weighted by atomic mass is 127. The molecule has 1 heterocycles. The molecule has 0 saturated carbocycles. The molecule has 0 aromatic carbocycles. The van der Waals surface area contributed by atoms with Gasteiger partial charge in [-0.25, -0.2) is 0 Å². The Hall–Kier alpha value is -0.410. The van der Waals surface area contributed by atoms with Crippen LogP contribution in [0.1, 0.15) is 5.76 Å². The van der Waals surface area contributed by atoms with Gasteiger partial charge < -0.3 is 9.42 Å². The van der Waals surface area contributed by atoms with Crippen LogP contribution < -0.4 is 4.90 Å². The van der Waals surface area contributed by atoms with Crippen molar-refractivity contribution in [2.24, 2.45) is 0 Å². The minimum absolute atomic E-state index is 0.553. The molecule has 0 bridgehead atoms. The third-order valence-electron chi connectivity index (χ3n) is 1.52. The second kappa shape index (κ2) is 4.72. The van der Waals surface area contributed by atoms with Gasteiger partial charge in [-0.2, -0.15) is 0 Å². The lowest BCUT2D eigenvalue weighted by Crippen LogP contribution is -2.17. The number of hydrogen-bond donors (Lipinski definition) is 0. The van der Waals surface area contributed by atoms with Crippen molar-refractivity contribution < 1.29 is 4.52 Å². The zero-order valence-corrected chi connectivity index (χ0v) is 10.2. The minimum Gasteiger partial charge on any atom is -0.358 e. The fourth-order valence-electron chi connectivity index (χ4n) is 0.810. The van der Waals surface area contributed by atoms with Crippen LogP contribution in [0.5, 0.6) is 0 Å². The number of aryl methyl sites for hydroxylation is 1. The smallest absolute Gasteiger partial charge is 0.191 e. The molecule has 0 fully saturated rings. The number of halogens is 2. The zero-order chi connectivity index (χ0) is 9.84. The molecule has 0 saturated heterocycles. The van der Waals surface area contributed by atoms with Gasteiger partial charge in [0, 0.05) is 29.6 Å². The lowest BCUT2D eigenvalue weighted by molar-refractivity contribution is 0.398. The molecule has 1 aromatic heterocycles. The Morgan fingerprint density at radius 3 is 2.85 bits per heavy atom. The SMILES string of the molecule is Cc1onc(N(C)CC#CI)c1Cl. The van der Waals surface area contributed by atoms with Crippen LogP contribution in [-0.4, -0.2) is 18.7 Å². The average molecular weight is 311 g/mol. The predicted molar refractivity (Wildman–Crippen MR) is 61.3 cm³/mol. The first-order valence-electron chi connectivity index (χ1n) is 3.58. The van der Waals surface area contributed by atoms with Gasteiger partial charge in [0.1, 0.15) is 5.02 Å². The van der Waals surface area contributed by atoms with Crippen LogP contribution in [0.2, 0.25) is 5.02 Å². The summed E-state index contributed by atoms with van der Waals surface area (Å²) in [5.41, 5.74) is 0. The third kappa shape index (κ3) is 2.51. The Bertz CT molecular complexity index is 353. The molecular weight excluding hydrogens is 302 g/mol. The van der Waals surface area contributed by atoms with Crippen molar-refractivity contribution in [2.75, 3.05) is 18.5 Å². The summed E-state index contributed by atoms with van der Waals surface area (Å²) in [5.74, 6) is 4.17. The molecule has 0 unspecified atom stereocenters. The van der Waals surface area contributed by atoms with Gasteiger partial charge in [-0.05, 0) is 10.9 Å². The van der Waals surface area contributed by atoms with Gasteiger partial charge in [0.25, 0.3) is 0 Å². The van der Waals surface area contributed by atoms with Crippen LogP contribution in [0.3, 0.4) is 0 Å². The molecule has 3 nitrogen and oxygen atoms in total. The first-order chi connectivity index (χ1) is 6.16. The maximum absolute atomic E-state index is 5.93. The van der Waals surface area contributed by atoms with E-state index in [0.717, 1.165) is 0 Å². The molecule has 0 spiro atoms. The van der Waals surface area contributed by atoms with Gasteiger partial charge in [0.05, 0.1) is 6.54 Å². The Labute approximate surface area is 95.5 Å². The molecule has 0 amide bonds. The molecule has 0 radical (unpaired) electrons. The summed E-state index contributed by atoms with van der Waals surface area (Å²) >= 11 is 7.92. The topological polar surface area (TPSA) is 29.3 Å². The Morgan fingerprint density at radius 1 is 1.69 bits per heavy atom. The van der Waals surface area contributed by atoms with E-state index in [2.05, 4.69) is 15.0 Å². The highest BCUT2D eigenvalue weighted by Crippen LogP contribution is 2.26. The van der Waals surface area contributed by atoms with E-state index in [1.807, 2.05) is 34.5 Å². The number of hydrogen-bond acceptors (Lipinski definition) is 3. The summed E-state index contributed by atoms with van der Waals surface area (Å²) in [6.45, 7) is 2.37. The van der Waals surface area contributed by atoms with Gasteiger partial charge in [-0.3, -0.25) is 0 Å². The summed E-state index contributed by atoms with van der Waals surface area (Å²) in [7, 11) is 1.87. The van der Waals surface area contributed by atoms with Gasteiger partial charge >= 0.3 is 0 Å². The summed E-state index contributed by atoms with van der Waals surface area (Å²) in [4.78, 5) is 1.84. The van der Waals surface area contributed by atoms with Crippen molar-refractivity contribution in [1.29, 1.82) is 0 Å². The number of anilines is 1. The fourth-order valence-corrected chi connectivity index (χ4v) is 1.19. The molecule has 0 aliphatic rings.